The first kappa shape index (κ1) is 18.9. The van der Waals surface area contributed by atoms with Gasteiger partial charge >= 0.3 is 0 Å². The third-order valence-corrected chi connectivity index (χ3v) is 5.37. The first-order valence-corrected chi connectivity index (χ1v) is 9.50. The lowest BCUT2D eigenvalue weighted by molar-refractivity contribution is -0.125. The maximum Gasteiger partial charge on any atom is 0.225 e. The number of hydrogen-bond donors (Lipinski definition) is 2. The number of para-hydroxylation sites is 1. The van der Waals surface area contributed by atoms with Crippen LogP contribution in [0.15, 0.2) is 24.3 Å². The second kappa shape index (κ2) is 8.68. The van der Waals surface area contributed by atoms with Crippen molar-refractivity contribution in [2.45, 2.75) is 24.8 Å². The second-order valence-corrected chi connectivity index (χ2v) is 7.25. The van der Waals surface area contributed by atoms with Gasteiger partial charge in [0.25, 0.3) is 0 Å². The Morgan fingerprint density at radius 3 is 2.73 bits per heavy atom. The number of benzene rings is 1. The zero-order valence-electron chi connectivity index (χ0n) is 15.4. The molecule has 1 amide bonds. The number of nitrogens with zero attached hydrogens (tertiary/aromatic N) is 1. The van der Waals surface area contributed by atoms with Gasteiger partial charge in [-0.05, 0) is 36.7 Å². The number of hydrogen-bond acceptors (Lipinski definition) is 4. The van der Waals surface area contributed by atoms with E-state index in [4.69, 9.17) is 21.7 Å². The highest BCUT2D eigenvalue weighted by atomic mass is 32.1. The summed E-state index contributed by atoms with van der Waals surface area (Å²) in [6, 6.07) is 8.42. The Balaban J connectivity index is 1.77. The Hall–Kier alpha value is -1.86. The van der Waals surface area contributed by atoms with Gasteiger partial charge in [-0.15, -0.1) is 0 Å². The van der Waals surface area contributed by atoms with E-state index in [1.807, 2.05) is 24.3 Å². The summed E-state index contributed by atoms with van der Waals surface area (Å²) in [6.45, 7) is 2.33. The number of ether oxygens (including phenoxy) is 2. The Morgan fingerprint density at radius 2 is 2.04 bits per heavy atom. The second-order valence-electron chi connectivity index (χ2n) is 6.87. The molecule has 2 N–H and O–H groups in total. The minimum atomic E-state index is -0.179. The van der Waals surface area contributed by atoms with E-state index in [1.54, 1.807) is 14.2 Å². The number of thiocarbonyl (C=S) groups is 1. The van der Waals surface area contributed by atoms with Crippen LogP contribution in [0.4, 0.5) is 0 Å². The van der Waals surface area contributed by atoms with Crippen LogP contribution < -0.4 is 15.4 Å². The fourth-order valence-electron chi connectivity index (χ4n) is 3.42. The average molecular weight is 378 g/mol. The van der Waals surface area contributed by atoms with E-state index in [-0.39, 0.29) is 17.7 Å². The van der Waals surface area contributed by atoms with Gasteiger partial charge in [-0.1, -0.05) is 18.2 Å². The normalized spacial score (nSPS) is 22.2. The van der Waals surface area contributed by atoms with Crippen molar-refractivity contribution in [2.24, 2.45) is 5.92 Å². The molecule has 142 valence electrons. The molecule has 1 aliphatic heterocycles. The molecule has 1 aliphatic carbocycles. The molecule has 2 aliphatic rings. The number of amides is 1. The topological polar surface area (TPSA) is 62.8 Å². The van der Waals surface area contributed by atoms with Crippen molar-refractivity contribution in [3.05, 3.63) is 29.8 Å². The molecule has 2 atom stereocenters. The van der Waals surface area contributed by atoms with Gasteiger partial charge in [0.2, 0.25) is 5.91 Å². The molecule has 1 saturated carbocycles. The molecule has 3 rings (SSSR count). The summed E-state index contributed by atoms with van der Waals surface area (Å²) >= 11 is 5.57. The van der Waals surface area contributed by atoms with Crippen molar-refractivity contribution >= 4 is 23.2 Å². The smallest absolute Gasteiger partial charge is 0.225 e. The molecule has 1 aromatic carbocycles. The van der Waals surface area contributed by atoms with Crippen LogP contribution >= 0.6 is 12.2 Å². The minimum Gasteiger partial charge on any atom is -0.496 e. The largest absolute Gasteiger partial charge is 0.496 e. The van der Waals surface area contributed by atoms with Gasteiger partial charge in [0.05, 0.1) is 19.6 Å². The Kier molecular flexibility index (Phi) is 6.32. The Morgan fingerprint density at radius 1 is 1.27 bits per heavy atom. The van der Waals surface area contributed by atoms with E-state index in [9.17, 15) is 4.79 Å². The molecule has 7 heteroatoms. The van der Waals surface area contributed by atoms with E-state index < -0.39 is 0 Å². The summed E-state index contributed by atoms with van der Waals surface area (Å²) in [5.74, 6) is 0.708. The summed E-state index contributed by atoms with van der Waals surface area (Å²) in [4.78, 5) is 14.9. The number of carbonyl (C=O) groups is 1. The van der Waals surface area contributed by atoms with Crippen LogP contribution in [-0.2, 0) is 9.53 Å². The van der Waals surface area contributed by atoms with E-state index >= 15 is 0 Å². The number of methoxy groups -OCH3 is 2. The summed E-state index contributed by atoms with van der Waals surface area (Å²) in [6.07, 6.45) is 2.34. The predicted molar refractivity (Wildman–Crippen MR) is 104 cm³/mol. The van der Waals surface area contributed by atoms with Crippen LogP contribution in [0.3, 0.4) is 0 Å². The van der Waals surface area contributed by atoms with Crippen LogP contribution in [0.25, 0.3) is 0 Å². The van der Waals surface area contributed by atoms with E-state index in [0.29, 0.717) is 32.3 Å². The van der Waals surface area contributed by atoms with E-state index in [0.717, 1.165) is 16.4 Å². The number of carbonyl (C=O) groups excluding carboxylic acids is 1. The zero-order chi connectivity index (χ0) is 18.5. The highest BCUT2D eigenvalue weighted by Crippen LogP contribution is 2.37. The number of likely N-dealkylation sites (tertiary alicyclic amines) is 1. The Labute approximate surface area is 160 Å². The molecule has 26 heavy (non-hydrogen) atoms. The fourth-order valence-corrected chi connectivity index (χ4v) is 3.74. The van der Waals surface area contributed by atoms with Crippen LogP contribution in [0.5, 0.6) is 5.75 Å². The molecule has 0 bridgehead atoms. The summed E-state index contributed by atoms with van der Waals surface area (Å²) in [5.41, 5.74) is 1.05. The van der Waals surface area contributed by atoms with Gasteiger partial charge in [-0.2, -0.15) is 0 Å². The highest BCUT2D eigenvalue weighted by molar-refractivity contribution is 7.80. The van der Waals surface area contributed by atoms with Crippen LogP contribution in [0, 0.1) is 5.92 Å². The minimum absolute atomic E-state index is 0.0349. The molecule has 0 radical (unpaired) electrons. The van der Waals surface area contributed by atoms with Crippen LogP contribution in [-0.4, -0.2) is 62.4 Å². The maximum absolute atomic E-state index is 12.8. The lowest BCUT2D eigenvalue weighted by atomic mass is 9.87. The average Bonchev–Trinajstić information content (AvgIpc) is 3.35. The van der Waals surface area contributed by atoms with Crippen molar-refractivity contribution in [2.75, 3.05) is 40.5 Å². The van der Waals surface area contributed by atoms with Gasteiger partial charge in [-0.25, -0.2) is 0 Å². The van der Waals surface area contributed by atoms with Crippen LogP contribution in [0.2, 0.25) is 0 Å². The lowest BCUT2D eigenvalue weighted by Crippen LogP contribution is -2.41. The maximum atomic E-state index is 12.8. The predicted octanol–water partition coefficient (Wildman–Crippen LogP) is 1.51. The standard InChI is InChI=1S/C19H27N3O3S/c1-24-10-9-20-18(23)16-12-22(19(26)21-13-7-8-13)11-15(16)14-5-3-4-6-17(14)25-2/h3-6,13,15-16H,7-12H2,1-2H3,(H,20,23)(H,21,26). The van der Waals surface area contributed by atoms with Gasteiger partial charge in [0, 0.05) is 38.7 Å². The zero-order valence-corrected chi connectivity index (χ0v) is 16.2. The molecule has 1 heterocycles. The van der Waals surface area contributed by atoms with E-state index in [2.05, 4.69) is 15.5 Å². The molecule has 6 nitrogen and oxygen atoms in total. The van der Waals surface area contributed by atoms with Gasteiger partial charge in [0.15, 0.2) is 5.11 Å². The van der Waals surface area contributed by atoms with Crippen molar-refractivity contribution in [3.8, 4) is 5.75 Å². The molecule has 2 fully saturated rings. The first-order valence-electron chi connectivity index (χ1n) is 9.09. The fraction of sp³-hybridized carbons (Fsp3) is 0.579. The van der Waals surface area contributed by atoms with Crippen molar-refractivity contribution in [1.29, 1.82) is 0 Å². The molecular weight excluding hydrogens is 350 g/mol. The van der Waals surface area contributed by atoms with Gasteiger partial charge in [0.1, 0.15) is 5.75 Å². The molecule has 0 aromatic heterocycles. The molecular formula is C19H27N3O3S. The lowest BCUT2D eigenvalue weighted by Gasteiger charge is -2.21. The van der Waals surface area contributed by atoms with E-state index in [1.165, 1.54) is 12.8 Å². The first-order chi connectivity index (χ1) is 12.6. The quantitative estimate of drug-likeness (QED) is 0.555. The molecule has 1 aromatic rings. The van der Waals surface area contributed by atoms with Crippen molar-refractivity contribution in [3.63, 3.8) is 0 Å². The van der Waals surface area contributed by atoms with Crippen molar-refractivity contribution in [1.82, 2.24) is 15.5 Å². The van der Waals surface area contributed by atoms with Gasteiger partial charge in [-0.3, -0.25) is 4.79 Å². The third kappa shape index (κ3) is 4.45. The Bertz CT molecular complexity index is 651. The summed E-state index contributed by atoms with van der Waals surface area (Å²) < 4.78 is 10.6. The van der Waals surface area contributed by atoms with Gasteiger partial charge < -0.3 is 25.0 Å². The monoisotopic (exact) mass is 377 g/mol. The van der Waals surface area contributed by atoms with Crippen LogP contribution in [0.1, 0.15) is 24.3 Å². The third-order valence-electron chi connectivity index (χ3n) is 4.99. The molecule has 1 saturated heterocycles. The number of nitrogens with one attached hydrogen (secondary N) is 2. The van der Waals surface area contributed by atoms with Crippen molar-refractivity contribution < 1.29 is 14.3 Å². The SMILES string of the molecule is COCCNC(=O)C1CN(C(=S)NC2CC2)CC1c1ccccc1OC. The summed E-state index contributed by atoms with van der Waals surface area (Å²) in [7, 11) is 3.29. The highest BCUT2D eigenvalue weighted by Gasteiger charge is 2.41. The number of rotatable bonds is 7. The molecule has 0 spiro atoms. The summed E-state index contributed by atoms with van der Waals surface area (Å²) in [5, 5.41) is 7.11. The molecule has 2 unspecified atom stereocenters.